The minimum Gasteiger partial charge on any atom is -0.316 e. The van der Waals surface area contributed by atoms with E-state index in [0.717, 1.165) is 19.5 Å². The Morgan fingerprint density at radius 2 is 1.79 bits per heavy atom. The second kappa shape index (κ2) is 6.47. The summed E-state index contributed by atoms with van der Waals surface area (Å²) >= 11 is 0. The Morgan fingerprint density at radius 3 is 2.32 bits per heavy atom. The van der Waals surface area contributed by atoms with E-state index < -0.39 is 11.6 Å². The van der Waals surface area contributed by atoms with Gasteiger partial charge in [-0.25, -0.2) is 8.78 Å². The molecule has 19 heavy (non-hydrogen) atoms. The molecule has 2 rings (SSSR count). The summed E-state index contributed by atoms with van der Waals surface area (Å²) in [6.45, 7) is 6.34. The van der Waals surface area contributed by atoms with Gasteiger partial charge in [0.15, 0.2) is 0 Å². The average molecular weight is 267 g/mol. The molecule has 1 nitrogen and oxygen atoms in total. The average Bonchev–Trinajstić information content (AvgIpc) is 2.32. The van der Waals surface area contributed by atoms with Crippen molar-refractivity contribution in [1.82, 2.24) is 5.32 Å². The van der Waals surface area contributed by atoms with E-state index in [2.05, 4.69) is 19.2 Å². The lowest BCUT2D eigenvalue weighted by atomic mass is 9.70. The fourth-order valence-corrected chi connectivity index (χ4v) is 2.72. The summed E-state index contributed by atoms with van der Waals surface area (Å²) in [5.74, 6) is 0.827. The molecular weight excluding hydrogens is 244 g/mol. The highest BCUT2D eigenvalue weighted by Crippen LogP contribution is 2.37. The molecule has 1 saturated carbocycles. The first-order chi connectivity index (χ1) is 9.08. The van der Waals surface area contributed by atoms with Gasteiger partial charge >= 0.3 is 0 Å². The van der Waals surface area contributed by atoms with Crippen molar-refractivity contribution < 1.29 is 8.78 Å². The van der Waals surface area contributed by atoms with Crippen LogP contribution >= 0.6 is 0 Å². The molecule has 0 saturated heterocycles. The third-order valence-electron chi connectivity index (χ3n) is 4.06. The molecule has 0 amide bonds. The van der Waals surface area contributed by atoms with E-state index >= 15 is 0 Å². The largest absolute Gasteiger partial charge is 0.316 e. The Bertz CT molecular complexity index is 397. The molecule has 0 aromatic heterocycles. The van der Waals surface area contributed by atoms with Crippen LogP contribution in [0, 0.1) is 29.4 Å². The highest BCUT2D eigenvalue weighted by molar-refractivity contribution is 5.20. The van der Waals surface area contributed by atoms with Crippen molar-refractivity contribution in [3.63, 3.8) is 0 Å². The van der Waals surface area contributed by atoms with E-state index in [-0.39, 0.29) is 5.56 Å². The van der Waals surface area contributed by atoms with Crippen LogP contribution < -0.4 is 5.32 Å². The Hall–Kier alpha value is -0.960. The number of halogens is 2. The smallest absolute Gasteiger partial charge is 0.129 e. The molecule has 1 aliphatic rings. The molecule has 1 aliphatic carbocycles. The van der Waals surface area contributed by atoms with Gasteiger partial charge in [0.25, 0.3) is 0 Å². The van der Waals surface area contributed by atoms with Crippen molar-refractivity contribution in [2.45, 2.75) is 33.1 Å². The van der Waals surface area contributed by atoms with Crippen molar-refractivity contribution in [2.24, 2.45) is 17.8 Å². The van der Waals surface area contributed by atoms with Crippen LogP contribution in [0.4, 0.5) is 8.78 Å². The van der Waals surface area contributed by atoms with Crippen LogP contribution in [-0.4, -0.2) is 13.1 Å². The Morgan fingerprint density at radius 1 is 1.16 bits per heavy atom. The minimum atomic E-state index is -0.402. The van der Waals surface area contributed by atoms with E-state index in [0.29, 0.717) is 24.2 Å². The van der Waals surface area contributed by atoms with Crippen LogP contribution in [-0.2, 0) is 6.42 Å². The van der Waals surface area contributed by atoms with Crippen LogP contribution in [0.15, 0.2) is 18.2 Å². The molecule has 3 heteroatoms. The van der Waals surface area contributed by atoms with Crippen molar-refractivity contribution in [3.8, 4) is 0 Å². The summed E-state index contributed by atoms with van der Waals surface area (Å²) in [4.78, 5) is 0. The number of hydrogen-bond donors (Lipinski definition) is 1. The monoisotopic (exact) mass is 267 g/mol. The lowest BCUT2D eigenvalue weighted by Gasteiger charge is -2.37. The van der Waals surface area contributed by atoms with Crippen LogP contribution in [0.2, 0.25) is 0 Å². The second-order valence-electron chi connectivity index (χ2n) is 6.05. The molecule has 0 radical (unpaired) electrons. The van der Waals surface area contributed by atoms with Crippen molar-refractivity contribution in [1.29, 1.82) is 0 Å². The topological polar surface area (TPSA) is 12.0 Å². The van der Waals surface area contributed by atoms with Gasteiger partial charge in [0.05, 0.1) is 0 Å². The number of nitrogens with one attached hydrogen (secondary N) is 1. The molecule has 0 bridgehead atoms. The molecule has 106 valence electrons. The first-order valence-electron chi connectivity index (χ1n) is 7.21. The minimum absolute atomic E-state index is 0.265. The Labute approximate surface area is 114 Å². The van der Waals surface area contributed by atoms with Gasteiger partial charge in [0.1, 0.15) is 11.6 Å². The molecule has 1 aromatic carbocycles. The summed E-state index contributed by atoms with van der Waals surface area (Å²) in [6.07, 6.45) is 2.79. The van der Waals surface area contributed by atoms with E-state index in [1.54, 1.807) is 0 Å². The first-order valence-corrected chi connectivity index (χ1v) is 7.21. The molecule has 2 atom stereocenters. The highest BCUT2D eigenvalue weighted by atomic mass is 19.1. The highest BCUT2D eigenvalue weighted by Gasteiger charge is 2.31. The Balaban J connectivity index is 1.86. The van der Waals surface area contributed by atoms with Gasteiger partial charge in [-0.15, -0.1) is 0 Å². The zero-order valence-corrected chi connectivity index (χ0v) is 11.8. The maximum atomic E-state index is 13.6. The van der Waals surface area contributed by atoms with Gasteiger partial charge in [0, 0.05) is 5.56 Å². The predicted octanol–water partition coefficient (Wildman–Crippen LogP) is 3.78. The van der Waals surface area contributed by atoms with Gasteiger partial charge in [-0.2, -0.15) is 0 Å². The SMILES string of the molecule is CC(C)CNCC1CCC1Cc1c(F)cccc1F. The van der Waals surface area contributed by atoms with E-state index in [1.807, 2.05) is 0 Å². The first kappa shape index (κ1) is 14.4. The zero-order chi connectivity index (χ0) is 13.8. The van der Waals surface area contributed by atoms with Gasteiger partial charge in [-0.3, -0.25) is 0 Å². The summed E-state index contributed by atoms with van der Waals surface area (Å²) in [5.41, 5.74) is 0.265. The van der Waals surface area contributed by atoms with Gasteiger partial charge < -0.3 is 5.32 Å². The normalized spacial score (nSPS) is 22.6. The van der Waals surface area contributed by atoms with Crippen molar-refractivity contribution in [3.05, 3.63) is 35.4 Å². The van der Waals surface area contributed by atoms with E-state index in [4.69, 9.17) is 0 Å². The number of benzene rings is 1. The molecule has 0 aliphatic heterocycles. The number of rotatable bonds is 6. The van der Waals surface area contributed by atoms with Crippen molar-refractivity contribution >= 4 is 0 Å². The molecule has 1 N–H and O–H groups in total. The van der Waals surface area contributed by atoms with Crippen LogP contribution in [0.25, 0.3) is 0 Å². The third kappa shape index (κ3) is 3.75. The van der Waals surface area contributed by atoms with Crippen LogP contribution in [0.3, 0.4) is 0 Å². The van der Waals surface area contributed by atoms with Gasteiger partial charge in [-0.1, -0.05) is 19.9 Å². The lowest BCUT2D eigenvalue weighted by molar-refractivity contribution is 0.167. The van der Waals surface area contributed by atoms with Crippen LogP contribution in [0.1, 0.15) is 32.3 Å². The molecule has 1 aromatic rings. The molecular formula is C16H23F2N. The van der Waals surface area contributed by atoms with E-state index in [1.165, 1.54) is 24.6 Å². The maximum Gasteiger partial charge on any atom is 0.129 e. The summed E-state index contributed by atoms with van der Waals surface area (Å²) in [7, 11) is 0. The molecule has 2 unspecified atom stereocenters. The summed E-state index contributed by atoms with van der Waals surface area (Å²) in [6, 6.07) is 4.13. The fourth-order valence-electron chi connectivity index (χ4n) is 2.72. The quantitative estimate of drug-likeness (QED) is 0.827. The lowest BCUT2D eigenvalue weighted by Crippen LogP contribution is -2.37. The van der Waals surface area contributed by atoms with Gasteiger partial charge in [0.2, 0.25) is 0 Å². The molecule has 1 fully saturated rings. The standard InChI is InChI=1S/C16H23F2N/c1-11(2)9-19-10-13-7-6-12(13)8-14-15(17)4-3-5-16(14)18/h3-5,11-13,19H,6-10H2,1-2H3. The third-order valence-corrected chi connectivity index (χ3v) is 4.06. The zero-order valence-electron chi connectivity index (χ0n) is 11.8. The Kier molecular flexibility index (Phi) is 4.92. The van der Waals surface area contributed by atoms with Crippen molar-refractivity contribution in [2.75, 3.05) is 13.1 Å². The summed E-state index contributed by atoms with van der Waals surface area (Å²) in [5, 5.41) is 3.44. The maximum absolute atomic E-state index is 13.6. The number of hydrogen-bond acceptors (Lipinski definition) is 1. The summed E-state index contributed by atoms with van der Waals surface area (Å²) < 4.78 is 27.2. The van der Waals surface area contributed by atoms with Gasteiger partial charge in [-0.05, 0) is 62.2 Å². The molecule has 0 spiro atoms. The van der Waals surface area contributed by atoms with Crippen LogP contribution in [0.5, 0.6) is 0 Å². The van der Waals surface area contributed by atoms with E-state index in [9.17, 15) is 8.78 Å². The predicted molar refractivity (Wildman–Crippen MR) is 74.0 cm³/mol. The second-order valence-corrected chi connectivity index (χ2v) is 6.05. The fraction of sp³-hybridized carbons (Fsp3) is 0.625. The molecule has 0 heterocycles.